The number of hydrogen-bond acceptors (Lipinski definition) is 8. The Bertz CT molecular complexity index is 2150. The first kappa shape index (κ1) is 30.1. The molecule has 4 aromatic rings. The Kier molecular flexibility index (Phi) is 6.59. The molecule has 2 aromatic carbocycles. The van der Waals surface area contributed by atoms with Gasteiger partial charge in [0.2, 0.25) is 5.88 Å². The van der Waals surface area contributed by atoms with Crippen molar-refractivity contribution in [1.82, 2.24) is 24.8 Å². The molecule has 5 atom stereocenters. The minimum absolute atomic E-state index is 0.0000160. The van der Waals surface area contributed by atoms with Crippen LogP contribution in [0.15, 0.2) is 42.5 Å². The molecule has 5 aliphatic heterocycles. The van der Waals surface area contributed by atoms with Crippen LogP contribution < -0.4 is 14.4 Å². The van der Waals surface area contributed by atoms with Crippen molar-refractivity contribution in [3.63, 3.8) is 0 Å². The third-order valence-corrected chi connectivity index (χ3v) is 11.5. The Morgan fingerprint density at radius 3 is 2.86 bits per heavy atom. The summed E-state index contributed by atoms with van der Waals surface area (Å²) < 4.78 is 45.2. The topological polar surface area (TPSA) is 104 Å². The summed E-state index contributed by atoms with van der Waals surface area (Å²) in [6, 6.07) is 6.99. The van der Waals surface area contributed by atoms with Gasteiger partial charge in [0.05, 0.1) is 29.2 Å². The largest absolute Gasteiger partial charge is 0.472 e. The lowest BCUT2D eigenvalue weighted by Crippen LogP contribution is -2.64. The van der Waals surface area contributed by atoms with Crippen LogP contribution in [-0.2, 0) is 0 Å². The molecule has 4 unspecified atom stereocenters. The van der Waals surface area contributed by atoms with Crippen LogP contribution in [-0.4, -0.2) is 92.0 Å². The van der Waals surface area contributed by atoms with Crippen molar-refractivity contribution in [2.45, 2.75) is 68.8 Å². The van der Waals surface area contributed by atoms with Crippen molar-refractivity contribution in [1.29, 1.82) is 0 Å². The molecule has 0 radical (unpaired) electrons. The number of halogens is 2. The Hall–Kier alpha value is -5.02. The van der Waals surface area contributed by atoms with Crippen molar-refractivity contribution >= 4 is 33.6 Å². The molecule has 4 saturated heterocycles. The smallest absolute Gasteiger partial charge is 0.407 e. The number of aromatic nitrogens is 3. The van der Waals surface area contributed by atoms with Gasteiger partial charge in [-0.1, -0.05) is 42.3 Å². The summed E-state index contributed by atoms with van der Waals surface area (Å²) >= 11 is 0. The SMILES string of the molecule is C#Cc1c(F)ccc2cccc(-c3nc4c5c(nc(OC[C@@]67CCCN6CCC7=C)nc5c3F)N3CC5CCC(C3C(C)O4)N5C(=O)O)c12. The highest BCUT2D eigenvalue weighted by molar-refractivity contribution is 6.03. The molecule has 10 nitrogen and oxygen atoms in total. The number of carboxylic acid groups (broad SMARTS) is 1. The average Bonchev–Trinajstić information content (AvgIpc) is 3.72. The lowest BCUT2D eigenvalue weighted by Gasteiger charge is -2.47. The molecular weight excluding hydrogens is 630 g/mol. The summed E-state index contributed by atoms with van der Waals surface area (Å²) in [5.41, 5.74) is 0.921. The second kappa shape index (κ2) is 10.7. The Labute approximate surface area is 281 Å². The fraction of sp³-hybridized carbons (Fsp3) is 0.405. The number of hydrogen-bond donors (Lipinski definition) is 1. The molecule has 1 amide bonds. The van der Waals surface area contributed by atoms with Crippen LogP contribution in [0.5, 0.6) is 11.9 Å². The molecule has 7 heterocycles. The Balaban J connectivity index is 1.26. The number of fused-ring (bicyclic) bond motifs is 7. The molecule has 12 heteroatoms. The highest BCUT2D eigenvalue weighted by atomic mass is 19.1. The van der Waals surface area contributed by atoms with E-state index in [-0.39, 0.29) is 58.3 Å². The van der Waals surface area contributed by atoms with Crippen molar-refractivity contribution in [2.75, 3.05) is 31.1 Å². The minimum Gasteiger partial charge on any atom is -0.472 e. The first-order valence-electron chi connectivity index (χ1n) is 16.8. The van der Waals surface area contributed by atoms with Gasteiger partial charge in [0.15, 0.2) is 5.82 Å². The summed E-state index contributed by atoms with van der Waals surface area (Å²) in [6.07, 6.45) is 8.41. The number of terminal acetylenes is 1. The summed E-state index contributed by atoms with van der Waals surface area (Å²) in [7, 11) is 0. The van der Waals surface area contributed by atoms with E-state index >= 15 is 8.78 Å². The van der Waals surface area contributed by atoms with E-state index in [1.807, 2.05) is 11.8 Å². The molecule has 0 saturated carbocycles. The maximum Gasteiger partial charge on any atom is 0.407 e. The molecule has 2 bridgehead atoms. The minimum atomic E-state index is -0.978. The predicted octanol–water partition coefficient (Wildman–Crippen LogP) is 5.76. The quantitative estimate of drug-likeness (QED) is 0.216. The Morgan fingerprint density at radius 1 is 1.18 bits per heavy atom. The normalized spacial score (nSPS) is 27.2. The van der Waals surface area contributed by atoms with Gasteiger partial charge in [0.1, 0.15) is 40.9 Å². The van der Waals surface area contributed by atoms with E-state index in [2.05, 4.69) is 22.4 Å². The lowest BCUT2D eigenvalue weighted by molar-refractivity contribution is 0.0706. The van der Waals surface area contributed by atoms with Crippen LogP contribution in [0.2, 0.25) is 0 Å². The molecule has 9 rings (SSSR count). The van der Waals surface area contributed by atoms with Gasteiger partial charge in [0.25, 0.3) is 0 Å². The molecule has 0 aliphatic carbocycles. The van der Waals surface area contributed by atoms with Gasteiger partial charge in [-0.25, -0.2) is 18.6 Å². The predicted molar refractivity (Wildman–Crippen MR) is 179 cm³/mol. The van der Waals surface area contributed by atoms with Gasteiger partial charge < -0.3 is 19.5 Å². The summed E-state index contributed by atoms with van der Waals surface area (Å²) in [5, 5.41) is 11.4. The molecule has 0 spiro atoms. The van der Waals surface area contributed by atoms with Crippen LogP contribution in [0.1, 0.15) is 44.6 Å². The van der Waals surface area contributed by atoms with Gasteiger partial charge in [0, 0.05) is 24.0 Å². The van der Waals surface area contributed by atoms with E-state index in [0.717, 1.165) is 37.9 Å². The Morgan fingerprint density at radius 2 is 2.04 bits per heavy atom. The number of nitrogens with zero attached hydrogens (tertiary/aromatic N) is 6. The summed E-state index contributed by atoms with van der Waals surface area (Å²) in [6.45, 7) is 8.71. The molecule has 49 heavy (non-hydrogen) atoms. The van der Waals surface area contributed by atoms with Gasteiger partial charge in [-0.15, -0.1) is 6.42 Å². The van der Waals surface area contributed by atoms with E-state index < -0.39 is 29.9 Å². The molecular formula is C37H34F2N6O4. The number of carbonyl (C=O) groups is 1. The van der Waals surface area contributed by atoms with Crippen LogP contribution in [0.25, 0.3) is 32.9 Å². The standard InChI is InChI=1S/C37H34F2N6O4/c1-4-23-25(38)11-9-21-7-5-8-24(27(21)23)30-29(39)31-28-33(42-35(41-31)48-18-37-14-6-15-43(37)16-13-19(37)2)44-17-22-10-12-26(45(22)36(46)47)32(44)20(3)49-34(28)40-30/h1,5,7-9,11,20,22,26,32H,2,6,10,12-18H2,3H3,(H,46,47)/t20?,22?,26?,32?,37-/m1/s1. The lowest BCUT2D eigenvalue weighted by atomic mass is 9.91. The number of rotatable bonds is 4. The third-order valence-electron chi connectivity index (χ3n) is 11.5. The molecule has 250 valence electrons. The first-order chi connectivity index (χ1) is 23.7. The maximum atomic E-state index is 17.2. The summed E-state index contributed by atoms with van der Waals surface area (Å²) in [4.78, 5) is 32.7. The van der Waals surface area contributed by atoms with Crippen LogP contribution in [0.4, 0.5) is 19.4 Å². The van der Waals surface area contributed by atoms with Gasteiger partial charge in [-0.3, -0.25) is 9.80 Å². The maximum absolute atomic E-state index is 17.2. The average molecular weight is 665 g/mol. The van der Waals surface area contributed by atoms with Gasteiger partial charge in [-0.2, -0.15) is 9.97 Å². The zero-order valence-electron chi connectivity index (χ0n) is 27.0. The fourth-order valence-corrected chi connectivity index (χ4v) is 9.27. The van der Waals surface area contributed by atoms with Crippen LogP contribution >= 0.6 is 0 Å². The number of ether oxygens (including phenoxy) is 2. The highest BCUT2D eigenvalue weighted by Crippen LogP contribution is 2.48. The molecule has 1 N–H and O–H groups in total. The second-order valence-electron chi connectivity index (χ2n) is 13.8. The number of amides is 1. The number of piperazine rings is 1. The van der Waals surface area contributed by atoms with Crippen molar-refractivity contribution in [3.05, 3.63) is 59.7 Å². The van der Waals surface area contributed by atoms with E-state index in [9.17, 15) is 9.90 Å². The van der Waals surface area contributed by atoms with Crippen molar-refractivity contribution in [2.24, 2.45) is 0 Å². The van der Waals surface area contributed by atoms with E-state index in [0.29, 0.717) is 41.5 Å². The van der Waals surface area contributed by atoms with Gasteiger partial charge in [-0.05, 0) is 57.0 Å². The van der Waals surface area contributed by atoms with E-state index in [4.69, 9.17) is 25.9 Å². The molecule has 5 aliphatic rings. The zero-order chi connectivity index (χ0) is 33.8. The zero-order valence-corrected chi connectivity index (χ0v) is 27.0. The van der Waals surface area contributed by atoms with E-state index in [1.54, 1.807) is 24.3 Å². The van der Waals surface area contributed by atoms with E-state index in [1.165, 1.54) is 11.0 Å². The second-order valence-corrected chi connectivity index (χ2v) is 13.8. The van der Waals surface area contributed by atoms with Gasteiger partial charge >= 0.3 is 12.1 Å². The van der Waals surface area contributed by atoms with Crippen molar-refractivity contribution < 1.29 is 28.2 Å². The molecule has 2 aromatic heterocycles. The van der Waals surface area contributed by atoms with Crippen LogP contribution in [0, 0.1) is 24.0 Å². The number of anilines is 1. The van der Waals surface area contributed by atoms with Crippen molar-refractivity contribution in [3.8, 4) is 35.5 Å². The highest BCUT2D eigenvalue weighted by Gasteiger charge is 2.53. The summed E-state index contributed by atoms with van der Waals surface area (Å²) in [5.74, 6) is 1.58. The first-order valence-corrected chi connectivity index (χ1v) is 16.8. The number of pyridine rings is 1. The molecule has 4 fully saturated rings. The number of benzene rings is 2. The fourth-order valence-electron chi connectivity index (χ4n) is 9.27. The monoisotopic (exact) mass is 664 g/mol. The third kappa shape index (κ3) is 4.21. The van der Waals surface area contributed by atoms with Crippen LogP contribution in [0.3, 0.4) is 0 Å².